The summed E-state index contributed by atoms with van der Waals surface area (Å²) in [4.78, 5) is 15.7. The van der Waals surface area contributed by atoms with Gasteiger partial charge in [-0.05, 0) is 38.4 Å². The SMILES string of the molecule is CN(C)CCNC(=O)N1C=C(Oc2cccc(Cl)c2)C=CC1. The standard InChI is InChI=1S/C16H20ClN3O2/c1-19(2)10-8-18-16(21)20-9-4-7-15(12-20)22-14-6-3-5-13(17)11-14/h3-7,11-12H,8-10H2,1-2H3,(H,18,21). The second kappa shape index (κ2) is 7.87. The molecule has 2 rings (SSSR count). The minimum Gasteiger partial charge on any atom is -0.456 e. The smallest absolute Gasteiger partial charge is 0.321 e. The van der Waals surface area contributed by atoms with Crippen molar-refractivity contribution in [1.29, 1.82) is 0 Å². The fraction of sp³-hybridized carbons (Fsp3) is 0.312. The monoisotopic (exact) mass is 321 g/mol. The Morgan fingerprint density at radius 3 is 3.00 bits per heavy atom. The van der Waals surface area contributed by atoms with Gasteiger partial charge in [-0.2, -0.15) is 0 Å². The Kier molecular flexibility index (Phi) is 5.86. The minimum atomic E-state index is -0.140. The van der Waals surface area contributed by atoms with Crippen LogP contribution in [-0.2, 0) is 0 Å². The quantitative estimate of drug-likeness (QED) is 0.907. The molecule has 118 valence electrons. The van der Waals surface area contributed by atoms with Gasteiger partial charge < -0.3 is 15.0 Å². The average molecular weight is 322 g/mol. The lowest BCUT2D eigenvalue weighted by Crippen LogP contribution is -2.40. The molecule has 1 aromatic carbocycles. The molecule has 0 saturated heterocycles. The van der Waals surface area contributed by atoms with E-state index in [1.807, 2.05) is 43.3 Å². The van der Waals surface area contributed by atoms with Crippen molar-refractivity contribution in [3.05, 3.63) is 53.4 Å². The maximum absolute atomic E-state index is 12.1. The Hall–Kier alpha value is -1.98. The topological polar surface area (TPSA) is 44.8 Å². The number of nitrogens with one attached hydrogen (secondary N) is 1. The van der Waals surface area contributed by atoms with Gasteiger partial charge in [0.25, 0.3) is 0 Å². The second-order valence-corrected chi connectivity index (χ2v) is 5.62. The van der Waals surface area contributed by atoms with Crippen LogP contribution in [0.1, 0.15) is 0 Å². The summed E-state index contributed by atoms with van der Waals surface area (Å²) in [6.07, 6.45) is 5.40. The molecular formula is C16H20ClN3O2. The molecule has 0 atom stereocenters. The molecule has 1 N–H and O–H groups in total. The van der Waals surface area contributed by atoms with Crippen LogP contribution in [0.5, 0.6) is 5.75 Å². The molecule has 1 aliphatic heterocycles. The predicted molar refractivity (Wildman–Crippen MR) is 88.0 cm³/mol. The number of allylic oxidation sites excluding steroid dienone is 1. The number of carbonyl (C=O) groups is 1. The van der Waals surface area contributed by atoms with Crippen LogP contribution in [0, 0.1) is 0 Å². The third-order valence-electron chi connectivity index (χ3n) is 3.00. The largest absolute Gasteiger partial charge is 0.456 e. The van der Waals surface area contributed by atoms with Gasteiger partial charge in [0.1, 0.15) is 11.5 Å². The van der Waals surface area contributed by atoms with Crippen LogP contribution < -0.4 is 10.1 Å². The van der Waals surface area contributed by atoms with E-state index in [9.17, 15) is 4.79 Å². The molecule has 22 heavy (non-hydrogen) atoms. The molecule has 0 unspecified atom stereocenters. The highest BCUT2D eigenvalue weighted by Gasteiger charge is 2.14. The Morgan fingerprint density at radius 1 is 1.45 bits per heavy atom. The Balaban J connectivity index is 1.93. The van der Waals surface area contributed by atoms with Crippen molar-refractivity contribution in [3.8, 4) is 5.75 Å². The molecule has 5 nitrogen and oxygen atoms in total. The first kappa shape index (κ1) is 16.4. The summed E-state index contributed by atoms with van der Waals surface area (Å²) in [6, 6.07) is 7.00. The number of ether oxygens (including phenoxy) is 1. The summed E-state index contributed by atoms with van der Waals surface area (Å²) in [6.45, 7) is 1.92. The Labute approximate surface area is 135 Å². The molecule has 0 saturated carbocycles. The first-order valence-corrected chi connectivity index (χ1v) is 7.43. The fourth-order valence-electron chi connectivity index (χ4n) is 1.89. The van der Waals surface area contributed by atoms with Gasteiger partial charge in [-0.1, -0.05) is 23.7 Å². The molecule has 6 heteroatoms. The van der Waals surface area contributed by atoms with E-state index < -0.39 is 0 Å². The number of hydrogen-bond acceptors (Lipinski definition) is 3. The first-order valence-electron chi connectivity index (χ1n) is 7.05. The van der Waals surface area contributed by atoms with E-state index in [4.69, 9.17) is 16.3 Å². The number of urea groups is 1. The number of likely N-dealkylation sites (N-methyl/N-ethyl adjacent to an activating group) is 1. The predicted octanol–water partition coefficient (Wildman–Crippen LogP) is 2.70. The van der Waals surface area contributed by atoms with Crippen LogP contribution in [0.4, 0.5) is 4.79 Å². The van der Waals surface area contributed by atoms with Gasteiger partial charge in [-0.15, -0.1) is 0 Å². The molecule has 1 heterocycles. The van der Waals surface area contributed by atoms with Crippen LogP contribution in [0.15, 0.2) is 48.4 Å². The van der Waals surface area contributed by atoms with Crippen molar-refractivity contribution in [3.63, 3.8) is 0 Å². The van der Waals surface area contributed by atoms with E-state index in [1.165, 1.54) is 0 Å². The van der Waals surface area contributed by atoms with Crippen LogP contribution in [-0.4, -0.2) is 49.6 Å². The van der Waals surface area contributed by atoms with Crippen molar-refractivity contribution >= 4 is 17.6 Å². The highest BCUT2D eigenvalue weighted by molar-refractivity contribution is 6.30. The van der Waals surface area contributed by atoms with Crippen molar-refractivity contribution in [2.24, 2.45) is 0 Å². The van der Waals surface area contributed by atoms with E-state index in [1.54, 1.807) is 23.2 Å². The van der Waals surface area contributed by atoms with E-state index in [2.05, 4.69) is 5.32 Å². The number of carbonyl (C=O) groups excluding carboxylic acids is 1. The van der Waals surface area contributed by atoms with Gasteiger partial charge in [0.15, 0.2) is 0 Å². The lowest BCUT2D eigenvalue weighted by Gasteiger charge is -2.22. The van der Waals surface area contributed by atoms with Crippen LogP contribution in [0.3, 0.4) is 0 Å². The molecule has 0 spiro atoms. The number of halogens is 1. The molecule has 1 aromatic rings. The number of rotatable bonds is 5. The van der Waals surface area contributed by atoms with Gasteiger partial charge >= 0.3 is 6.03 Å². The summed E-state index contributed by atoms with van der Waals surface area (Å²) < 4.78 is 5.72. The lowest BCUT2D eigenvalue weighted by atomic mass is 10.3. The van der Waals surface area contributed by atoms with Gasteiger partial charge in [-0.25, -0.2) is 4.79 Å². The third kappa shape index (κ3) is 5.09. The summed E-state index contributed by atoms with van der Waals surface area (Å²) in [7, 11) is 3.93. The van der Waals surface area contributed by atoms with E-state index in [0.717, 1.165) is 6.54 Å². The summed E-state index contributed by atoms with van der Waals surface area (Å²) in [5.41, 5.74) is 0. The van der Waals surface area contributed by atoms with E-state index in [0.29, 0.717) is 29.6 Å². The molecule has 2 amide bonds. The molecule has 0 bridgehead atoms. The van der Waals surface area contributed by atoms with Crippen LogP contribution in [0.25, 0.3) is 0 Å². The summed E-state index contributed by atoms with van der Waals surface area (Å²) >= 11 is 5.93. The highest BCUT2D eigenvalue weighted by Crippen LogP contribution is 2.21. The zero-order valence-electron chi connectivity index (χ0n) is 12.8. The van der Waals surface area contributed by atoms with Crippen LogP contribution >= 0.6 is 11.6 Å². The second-order valence-electron chi connectivity index (χ2n) is 5.18. The van der Waals surface area contributed by atoms with E-state index >= 15 is 0 Å². The van der Waals surface area contributed by atoms with Crippen molar-refractivity contribution in [2.75, 3.05) is 33.7 Å². The molecule has 1 aliphatic rings. The third-order valence-corrected chi connectivity index (χ3v) is 3.23. The molecule has 0 fully saturated rings. The zero-order chi connectivity index (χ0) is 15.9. The zero-order valence-corrected chi connectivity index (χ0v) is 13.5. The summed E-state index contributed by atoms with van der Waals surface area (Å²) in [5.74, 6) is 1.23. The van der Waals surface area contributed by atoms with E-state index in [-0.39, 0.29) is 6.03 Å². The molecular weight excluding hydrogens is 302 g/mol. The van der Waals surface area contributed by atoms with Crippen molar-refractivity contribution < 1.29 is 9.53 Å². The number of hydrogen-bond donors (Lipinski definition) is 1. The van der Waals surface area contributed by atoms with Crippen molar-refractivity contribution in [1.82, 2.24) is 15.1 Å². The summed E-state index contributed by atoms with van der Waals surface area (Å²) in [5, 5.41) is 3.47. The fourth-order valence-corrected chi connectivity index (χ4v) is 2.07. The highest BCUT2D eigenvalue weighted by atomic mass is 35.5. The van der Waals surface area contributed by atoms with Gasteiger partial charge in [0.2, 0.25) is 0 Å². The maximum atomic E-state index is 12.1. The van der Waals surface area contributed by atoms with Crippen LogP contribution in [0.2, 0.25) is 5.02 Å². The first-order chi connectivity index (χ1) is 10.5. The minimum absolute atomic E-state index is 0.140. The average Bonchev–Trinajstić information content (AvgIpc) is 2.47. The number of nitrogens with zero attached hydrogens (tertiary/aromatic N) is 2. The number of benzene rings is 1. The lowest BCUT2D eigenvalue weighted by molar-refractivity contribution is 0.215. The molecule has 0 aliphatic carbocycles. The maximum Gasteiger partial charge on any atom is 0.321 e. The number of amides is 2. The normalized spacial score (nSPS) is 14.0. The van der Waals surface area contributed by atoms with Crippen molar-refractivity contribution in [2.45, 2.75) is 0 Å². The Bertz CT molecular complexity index is 585. The van der Waals surface area contributed by atoms with Gasteiger partial charge in [0.05, 0.1) is 6.20 Å². The molecule has 0 aromatic heterocycles. The van der Waals surface area contributed by atoms with Gasteiger partial charge in [-0.3, -0.25) is 4.90 Å². The Morgan fingerprint density at radius 2 is 2.27 bits per heavy atom. The molecule has 0 radical (unpaired) electrons. The van der Waals surface area contributed by atoms with Gasteiger partial charge in [0, 0.05) is 24.7 Å².